The lowest BCUT2D eigenvalue weighted by atomic mass is 10.2. The van der Waals surface area contributed by atoms with Gasteiger partial charge in [-0.05, 0) is 18.6 Å². The third-order valence-corrected chi connectivity index (χ3v) is 1.59. The van der Waals surface area contributed by atoms with Crippen molar-refractivity contribution in [3.8, 4) is 0 Å². The van der Waals surface area contributed by atoms with Gasteiger partial charge in [0.15, 0.2) is 0 Å². The predicted molar refractivity (Wildman–Crippen MR) is 64.7 cm³/mol. The monoisotopic (exact) mass is 193 g/mol. The van der Waals surface area contributed by atoms with Gasteiger partial charge in [0.2, 0.25) is 0 Å². The van der Waals surface area contributed by atoms with Crippen molar-refractivity contribution in [1.29, 1.82) is 0 Å². The van der Waals surface area contributed by atoms with E-state index in [-0.39, 0.29) is 0 Å². The molecule has 0 aliphatic carbocycles. The molecule has 1 aromatic heterocycles. The first-order valence-corrected chi connectivity index (χ1v) is 4.71. The molecule has 1 aromatic rings. The molecule has 0 spiro atoms. The van der Waals surface area contributed by atoms with Gasteiger partial charge < -0.3 is 10.3 Å². The minimum Gasteiger partial charge on any atom is -0.397 e. The van der Waals surface area contributed by atoms with Crippen LogP contribution in [0.25, 0.3) is 5.57 Å². The molecule has 0 aromatic carbocycles. The zero-order valence-electron chi connectivity index (χ0n) is 9.41. The Hall–Kier alpha value is -1.51. The molecule has 0 saturated heterocycles. The Bertz CT molecular complexity index is 321. The first-order valence-electron chi connectivity index (χ1n) is 4.71. The summed E-state index contributed by atoms with van der Waals surface area (Å²) in [5, 5.41) is 0. The minimum atomic E-state index is 0.738. The molecule has 0 amide bonds. The molecule has 1 rings (SSSR count). The van der Waals surface area contributed by atoms with Crippen LogP contribution < -0.4 is 5.73 Å². The summed E-state index contributed by atoms with van der Waals surface area (Å²) in [5.74, 6) is 0. The molecule has 0 bridgehead atoms. The van der Waals surface area contributed by atoms with E-state index in [1.54, 1.807) is 13.4 Å². The smallest absolute Gasteiger partial charge is 0.0932 e. The molecule has 0 unspecified atom stereocenters. The fourth-order valence-electron chi connectivity index (χ4n) is 1.15. The van der Waals surface area contributed by atoms with Crippen LogP contribution in [-0.4, -0.2) is 18.0 Å². The molecule has 3 heteroatoms. The third kappa shape index (κ3) is 2.76. The van der Waals surface area contributed by atoms with Crippen molar-refractivity contribution in [3.63, 3.8) is 0 Å². The van der Waals surface area contributed by atoms with Gasteiger partial charge in [-0.15, -0.1) is 0 Å². The van der Waals surface area contributed by atoms with Crippen LogP contribution in [0.2, 0.25) is 0 Å². The van der Waals surface area contributed by atoms with Crippen molar-refractivity contribution in [1.82, 2.24) is 4.57 Å². The van der Waals surface area contributed by atoms with Crippen LogP contribution in [0.1, 0.15) is 26.5 Å². The Balaban J connectivity index is 0.000000791. The van der Waals surface area contributed by atoms with Gasteiger partial charge in [-0.2, -0.15) is 0 Å². The highest BCUT2D eigenvalue weighted by Crippen LogP contribution is 2.19. The van der Waals surface area contributed by atoms with E-state index in [1.165, 1.54) is 0 Å². The highest BCUT2D eigenvalue weighted by molar-refractivity contribution is 5.77. The molecule has 0 atom stereocenters. The zero-order chi connectivity index (χ0) is 11.1. The fourth-order valence-corrected chi connectivity index (χ4v) is 1.15. The quantitative estimate of drug-likeness (QED) is 0.569. The topological polar surface area (TPSA) is 43.3 Å². The number of nitrogens with two attached hydrogens (primary N) is 1. The van der Waals surface area contributed by atoms with Crippen LogP contribution in [0, 0.1) is 0 Å². The van der Waals surface area contributed by atoms with E-state index < -0.39 is 0 Å². The first-order chi connectivity index (χ1) is 6.66. The minimum absolute atomic E-state index is 0.738. The van der Waals surface area contributed by atoms with Gasteiger partial charge >= 0.3 is 0 Å². The molecule has 0 fully saturated rings. The van der Waals surface area contributed by atoms with Crippen molar-refractivity contribution < 1.29 is 0 Å². The Labute approximate surface area is 86.0 Å². The standard InChI is InChI=1S/C9H13N3.C2H6/c1-7(2)9-8(10)4-5-12(9)6-11-3;1-2/h4-6H,1,10H2,2-3H3;1-2H3. The number of hydrogen-bond donors (Lipinski definition) is 1. The average molecular weight is 193 g/mol. The molecular weight excluding hydrogens is 174 g/mol. The Morgan fingerprint density at radius 3 is 2.57 bits per heavy atom. The van der Waals surface area contributed by atoms with E-state index in [1.807, 2.05) is 37.6 Å². The van der Waals surface area contributed by atoms with Crippen molar-refractivity contribution >= 4 is 17.6 Å². The molecule has 2 N–H and O–H groups in total. The summed E-state index contributed by atoms with van der Waals surface area (Å²) in [6.45, 7) is 9.76. The molecule has 0 radical (unpaired) electrons. The molecule has 1 heterocycles. The molecule has 0 aliphatic rings. The maximum absolute atomic E-state index is 5.73. The number of nitrogen functional groups attached to an aromatic ring is 1. The number of nitrogens with zero attached hydrogens (tertiary/aromatic N) is 2. The van der Waals surface area contributed by atoms with Crippen molar-refractivity contribution in [3.05, 3.63) is 24.5 Å². The van der Waals surface area contributed by atoms with Crippen molar-refractivity contribution in [2.45, 2.75) is 20.8 Å². The van der Waals surface area contributed by atoms with Gasteiger partial charge in [-0.25, -0.2) is 0 Å². The largest absolute Gasteiger partial charge is 0.397 e. The Kier molecular flexibility index (Phi) is 5.37. The summed E-state index contributed by atoms with van der Waals surface area (Å²) < 4.78 is 1.86. The molecule has 0 aliphatic heterocycles. The van der Waals surface area contributed by atoms with E-state index in [0.29, 0.717) is 0 Å². The molecular formula is C11H19N3. The zero-order valence-corrected chi connectivity index (χ0v) is 9.41. The van der Waals surface area contributed by atoms with Crippen LogP contribution >= 0.6 is 0 Å². The van der Waals surface area contributed by atoms with Crippen molar-refractivity contribution in [2.24, 2.45) is 4.99 Å². The predicted octanol–water partition coefficient (Wildman–Crippen LogP) is 2.64. The number of aliphatic imine (C=N–C) groups is 1. The number of aromatic nitrogens is 1. The lowest BCUT2D eigenvalue weighted by Crippen LogP contribution is -2.00. The van der Waals surface area contributed by atoms with Crippen molar-refractivity contribution in [2.75, 3.05) is 12.8 Å². The first kappa shape index (κ1) is 12.5. The second kappa shape index (κ2) is 6.02. The van der Waals surface area contributed by atoms with Gasteiger partial charge in [-0.1, -0.05) is 20.4 Å². The van der Waals surface area contributed by atoms with E-state index in [0.717, 1.165) is 17.0 Å². The summed E-state index contributed by atoms with van der Waals surface area (Å²) in [6, 6.07) is 1.84. The van der Waals surface area contributed by atoms with E-state index >= 15 is 0 Å². The second-order valence-corrected chi connectivity index (χ2v) is 2.68. The van der Waals surface area contributed by atoms with Gasteiger partial charge in [0.05, 0.1) is 17.7 Å². The fraction of sp³-hybridized carbons (Fsp3) is 0.364. The van der Waals surface area contributed by atoms with E-state index in [4.69, 9.17) is 5.73 Å². The summed E-state index contributed by atoms with van der Waals surface area (Å²) in [4.78, 5) is 3.90. The van der Waals surface area contributed by atoms with Gasteiger partial charge in [0.25, 0.3) is 0 Å². The number of rotatable bonds is 2. The summed E-state index contributed by atoms with van der Waals surface area (Å²) >= 11 is 0. The lowest BCUT2D eigenvalue weighted by molar-refractivity contribution is 1.15. The maximum atomic E-state index is 5.73. The highest BCUT2D eigenvalue weighted by Gasteiger charge is 2.04. The van der Waals surface area contributed by atoms with Crippen LogP contribution in [0.3, 0.4) is 0 Å². The SMILES string of the molecule is C=C(C)c1c(N)ccn1C=NC.CC. The third-order valence-electron chi connectivity index (χ3n) is 1.59. The van der Waals surface area contributed by atoms with Crippen LogP contribution in [0.4, 0.5) is 5.69 Å². The summed E-state index contributed by atoms with van der Waals surface area (Å²) in [7, 11) is 1.72. The normalized spacial score (nSPS) is 9.71. The van der Waals surface area contributed by atoms with E-state index in [9.17, 15) is 0 Å². The van der Waals surface area contributed by atoms with Gasteiger partial charge in [-0.3, -0.25) is 4.99 Å². The molecule has 78 valence electrons. The van der Waals surface area contributed by atoms with Crippen LogP contribution in [0.5, 0.6) is 0 Å². The highest BCUT2D eigenvalue weighted by atomic mass is 15.0. The summed E-state index contributed by atoms with van der Waals surface area (Å²) in [6.07, 6.45) is 3.58. The Morgan fingerprint density at radius 2 is 2.14 bits per heavy atom. The van der Waals surface area contributed by atoms with E-state index in [2.05, 4.69) is 11.6 Å². The number of anilines is 1. The van der Waals surface area contributed by atoms with Gasteiger partial charge in [0, 0.05) is 13.2 Å². The average Bonchev–Trinajstić information content (AvgIpc) is 2.51. The molecule has 14 heavy (non-hydrogen) atoms. The van der Waals surface area contributed by atoms with Crippen LogP contribution in [-0.2, 0) is 0 Å². The van der Waals surface area contributed by atoms with Crippen LogP contribution in [0.15, 0.2) is 23.8 Å². The van der Waals surface area contributed by atoms with Gasteiger partial charge in [0.1, 0.15) is 0 Å². The maximum Gasteiger partial charge on any atom is 0.0932 e. The number of allylic oxidation sites excluding steroid dienone is 1. The molecule has 3 nitrogen and oxygen atoms in total. The Morgan fingerprint density at radius 1 is 1.57 bits per heavy atom. The molecule has 0 saturated carbocycles. The second-order valence-electron chi connectivity index (χ2n) is 2.68. The lowest BCUT2D eigenvalue weighted by Gasteiger charge is -2.03. The summed E-state index contributed by atoms with van der Waals surface area (Å²) in [5.41, 5.74) is 8.34. The number of hydrogen-bond acceptors (Lipinski definition) is 2.